The fourth-order valence-electron chi connectivity index (χ4n) is 3.41. The van der Waals surface area contributed by atoms with Gasteiger partial charge < -0.3 is 9.73 Å². The summed E-state index contributed by atoms with van der Waals surface area (Å²) in [5.41, 5.74) is 2.05. The highest BCUT2D eigenvalue weighted by molar-refractivity contribution is 5.97. The summed E-state index contributed by atoms with van der Waals surface area (Å²) >= 11 is 0. The summed E-state index contributed by atoms with van der Waals surface area (Å²) in [7, 11) is 0. The molecule has 1 heterocycles. The standard InChI is InChI=1S/C23H18N2O4/c26-23(24-20-10-3-4-11-21(20)25(27)28)13-12-22-19(14-15-29-22)18-9-5-7-16-6-1-2-8-17(16)18/h1-11,14-15H,12-13H2,(H,24,26). The quantitative estimate of drug-likeness (QED) is 0.346. The second-order valence-electron chi connectivity index (χ2n) is 6.61. The first-order chi connectivity index (χ1) is 14.1. The Bertz CT molecular complexity index is 1190. The molecule has 0 aliphatic carbocycles. The van der Waals surface area contributed by atoms with Gasteiger partial charge in [0.2, 0.25) is 5.91 Å². The van der Waals surface area contributed by atoms with Crippen LogP contribution in [0.3, 0.4) is 0 Å². The van der Waals surface area contributed by atoms with Gasteiger partial charge in [0.25, 0.3) is 5.69 Å². The molecule has 1 amide bonds. The van der Waals surface area contributed by atoms with Crippen molar-refractivity contribution < 1.29 is 14.1 Å². The molecular formula is C23H18N2O4. The molecule has 0 aliphatic heterocycles. The monoisotopic (exact) mass is 386 g/mol. The maximum atomic E-state index is 12.4. The molecule has 0 aliphatic rings. The van der Waals surface area contributed by atoms with Crippen LogP contribution in [0.2, 0.25) is 0 Å². The topological polar surface area (TPSA) is 85.4 Å². The number of aryl methyl sites for hydroxylation is 1. The summed E-state index contributed by atoms with van der Waals surface area (Å²) < 4.78 is 5.64. The highest BCUT2D eigenvalue weighted by Gasteiger charge is 2.16. The number of benzene rings is 3. The number of rotatable bonds is 6. The van der Waals surface area contributed by atoms with Gasteiger partial charge in [-0.05, 0) is 28.5 Å². The van der Waals surface area contributed by atoms with Crippen LogP contribution < -0.4 is 5.32 Å². The fourth-order valence-corrected chi connectivity index (χ4v) is 3.41. The molecule has 6 nitrogen and oxygen atoms in total. The smallest absolute Gasteiger partial charge is 0.292 e. The van der Waals surface area contributed by atoms with E-state index in [0.717, 1.165) is 21.9 Å². The molecule has 0 atom stereocenters. The third-order valence-electron chi connectivity index (χ3n) is 4.78. The second-order valence-corrected chi connectivity index (χ2v) is 6.61. The van der Waals surface area contributed by atoms with Crippen LogP contribution in [0.15, 0.2) is 83.5 Å². The van der Waals surface area contributed by atoms with Crippen molar-refractivity contribution in [3.8, 4) is 11.1 Å². The molecular weight excluding hydrogens is 368 g/mol. The number of nitro benzene ring substituents is 1. The first-order valence-corrected chi connectivity index (χ1v) is 9.21. The van der Waals surface area contributed by atoms with Crippen molar-refractivity contribution in [2.24, 2.45) is 0 Å². The van der Waals surface area contributed by atoms with Gasteiger partial charge in [-0.1, -0.05) is 54.6 Å². The van der Waals surface area contributed by atoms with E-state index in [2.05, 4.69) is 23.5 Å². The van der Waals surface area contributed by atoms with E-state index in [4.69, 9.17) is 4.42 Å². The molecule has 0 bridgehead atoms. The van der Waals surface area contributed by atoms with E-state index in [0.29, 0.717) is 12.2 Å². The lowest BCUT2D eigenvalue weighted by molar-refractivity contribution is -0.383. The molecule has 0 unspecified atom stereocenters. The van der Waals surface area contributed by atoms with Crippen molar-refractivity contribution in [2.45, 2.75) is 12.8 Å². The first kappa shape index (κ1) is 18.4. The van der Waals surface area contributed by atoms with E-state index in [1.807, 2.05) is 30.3 Å². The average molecular weight is 386 g/mol. The van der Waals surface area contributed by atoms with Gasteiger partial charge in [-0.15, -0.1) is 0 Å². The highest BCUT2D eigenvalue weighted by atomic mass is 16.6. The number of anilines is 1. The van der Waals surface area contributed by atoms with Crippen LogP contribution >= 0.6 is 0 Å². The molecule has 0 fully saturated rings. The van der Waals surface area contributed by atoms with E-state index in [1.54, 1.807) is 18.4 Å². The summed E-state index contributed by atoms with van der Waals surface area (Å²) in [6, 6.07) is 22.2. The highest BCUT2D eigenvalue weighted by Crippen LogP contribution is 2.32. The predicted octanol–water partition coefficient (Wildman–Crippen LogP) is 5.58. The number of hydrogen-bond acceptors (Lipinski definition) is 4. The molecule has 1 aromatic heterocycles. The van der Waals surface area contributed by atoms with E-state index in [-0.39, 0.29) is 23.7 Å². The van der Waals surface area contributed by atoms with Crippen molar-refractivity contribution >= 4 is 28.1 Å². The summed E-state index contributed by atoms with van der Waals surface area (Å²) in [4.78, 5) is 22.9. The van der Waals surface area contributed by atoms with Crippen molar-refractivity contribution in [3.63, 3.8) is 0 Å². The molecule has 0 radical (unpaired) electrons. The lowest BCUT2D eigenvalue weighted by Crippen LogP contribution is -2.13. The third kappa shape index (κ3) is 3.87. The minimum Gasteiger partial charge on any atom is -0.469 e. The lowest BCUT2D eigenvalue weighted by atomic mass is 9.97. The minimum absolute atomic E-state index is 0.129. The van der Waals surface area contributed by atoms with Crippen molar-refractivity contribution in [1.82, 2.24) is 0 Å². The first-order valence-electron chi connectivity index (χ1n) is 9.21. The number of fused-ring (bicyclic) bond motifs is 1. The van der Waals surface area contributed by atoms with Crippen LogP contribution in [-0.4, -0.2) is 10.8 Å². The molecule has 144 valence electrons. The number of nitrogens with one attached hydrogen (secondary N) is 1. The molecule has 0 saturated heterocycles. The van der Waals surface area contributed by atoms with E-state index in [9.17, 15) is 14.9 Å². The van der Waals surface area contributed by atoms with Gasteiger partial charge in [-0.25, -0.2) is 0 Å². The zero-order valence-corrected chi connectivity index (χ0v) is 15.5. The number of nitrogens with zero attached hydrogens (tertiary/aromatic N) is 1. The molecule has 0 saturated carbocycles. The molecule has 6 heteroatoms. The van der Waals surface area contributed by atoms with Gasteiger partial charge in [0.1, 0.15) is 11.4 Å². The Labute approximate surface area is 166 Å². The third-order valence-corrected chi connectivity index (χ3v) is 4.78. The van der Waals surface area contributed by atoms with Crippen LogP contribution in [0, 0.1) is 10.1 Å². The molecule has 3 aromatic carbocycles. The Morgan fingerprint density at radius 3 is 2.55 bits per heavy atom. The van der Waals surface area contributed by atoms with E-state index >= 15 is 0 Å². The number of hydrogen-bond donors (Lipinski definition) is 1. The van der Waals surface area contributed by atoms with Gasteiger partial charge in [-0.2, -0.15) is 0 Å². The number of nitro groups is 1. The van der Waals surface area contributed by atoms with Crippen molar-refractivity contribution in [1.29, 1.82) is 0 Å². The Hall–Kier alpha value is -3.93. The number of furan rings is 1. The second kappa shape index (κ2) is 7.98. The Morgan fingerprint density at radius 2 is 1.69 bits per heavy atom. The Morgan fingerprint density at radius 1 is 0.931 bits per heavy atom. The Balaban J connectivity index is 1.52. The SMILES string of the molecule is O=C(CCc1occc1-c1cccc2ccccc12)Nc1ccccc1[N+](=O)[O-]. The summed E-state index contributed by atoms with van der Waals surface area (Å²) in [6.45, 7) is 0. The maximum absolute atomic E-state index is 12.4. The van der Waals surface area contributed by atoms with E-state index < -0.39 is 4.92 Å². The summed E-state index contributed by atoms with van der Waals surface area (Å²) in [6.07, 6.45) is 2.15. The summed E-state index contributed by atoms with van der Waals surface area (Å²) in [5.74, 6) is 0.402. The maximum Gasteiger partial charge on any atom is 0.292 e. The van der Waals surface area contributed by atoms with Gasteiger partial charge in [0.05, 0.1) is 11.2 Å². The zero-order valence-electron chi connectivity index (χ0n) is 15.5. The zero-order chi connectivity index (χ0) is 20.2. The summed E-state index contributed by atoms with van der Waals surface area (Å²) in [5, 5.41) is 16.0. The number of para-hydroxylation sites is 2. The van der Waals surface area contributed by atoms with Gasteiger partial charge in [0.15, 0.2) is 0 Å². The normalized spacial score (nSPS) is 10.8. The predicted molar refractivity (Wildman–Crippen MR) is 112 cm³/mol. The van der Waals surface area contributed by atoms with Crippen LogP contribution in [-0.2, 0) is 11.2 Å². The number of carbonyl (C=O) groups excluding carboxylic acids is 1. The molecule has 29 heavy (non-hydrogen) atoms. The molecule has 1 N–H and O–H groups in total. The van der Waals surface area contributed by atoms with Crippen molar-refractivity contribution in [3.05, 3.63) is 94.9 Å². The van der Waals surface area contributed by atoms with Crippen LogP contribution in [0.25, 0.3) is 21.9 Å². The van der Waals surface area contributed by atoms with E-state index in [1.165, 1.54) is 12.1 Å². The fraction of sp³-hybridized carbons (Fsp3) is 0.0870. The largest absolute Gasteiger partial charge is 0.469 e. The van der Waals surface area contributed by atoms with Gasteiger partial charge >= 0.3 is 0 Å². The van der Waals surface area contributed by atoms with Crippen LogP contribution in [0.5, 0.6) is 0 Å². The van der Waals surface area contributed by atoms with Crippen molar-refractivity contribution in [2.75, 3.05) is 5.32 Å². The minimum atomic E-state index is -0.513. The van der Waals surface area contributed by atoms with Gasteiger partial charge in [0, 0.05) is 24.5 Å². The molecule has 4 rings (SSSR count). The lowest BCUT2D eigenvalue weighted by Gasteiger charge is -2.08. The molecule has 0 spiro atoms. The number of carbonyl (C=O) groups is 1. The molecule has 4 aromatic rings. The van der Waals surface area contributed by atoms with Gasteiger partial charge in [-0.3, -0.25) is 14.9 Å². The number of amides is 1. The Kier molecular flexibility index (Phi) is 5.07. The average Bonchev–Trinajstić information content (AvgIpc) is 3.20. The van der Waals surface area contributed by atoms with Crippen LogP contribution in [0.1, 0.15) is 12.2 Å². The van der Waals surface area contributed by atoms with Crippen LogP contribution in [0.4, 0.5) is 11.4 Å².